The topological polar surface area (TPSA) is 26.0 Å². The Morgan fingerprint density at radius 2 is 1.61 bits per heavy atom. The Morgan fingerprint density at radius 1 is 0.944 bits per heavy atom. The molecule has 0 aromatic heterocycles. The van der Waals surface area contributed by atoms with E-state index in [1.807, 2.05) is 12.1 Å². The van der Waals surface area contributed by atoms with Gasteiger partial charge >= 0.3 is 0 Å². The number of rotatable bonds is 2. The molecule has 1 nitrogen and oxygen atoms in total. The molecule has 18 heavy (non-hydrogen) atoms. The summed E-state index contributed by atoms with van der Waals surface area (Å²) in [5, 5.41) is 2.57. The predicted octanol–water partition coefficient (Wildman–Crippen LogP) is 3.20. The van der Waals surface area contributed by atoms with Crippen LogP contribution in [0.3, 0.4) is 0 Å². The van der Waals surface area contributed by atoms with Crippen LogP contribution in [0.15, 0.2) is 48.5 Å². The zero-order valence-corrected chi connectivity index (χ0v) is 12.2. The summed E-state index contributed by atoms with van der Waals surface area (Å²) in [6, 6.07) is 16.9. The van der Waals surface area contributed by atoms with Gasteiger partial charge in [-0.2, -0.15) is 0 Å². The summed E-state index contributed by atoms with van der Waals surface area (Å²) in [5.74, 6) is 0. The maximum Gasteiger partial charge on any atom is 0.0393 e. The Balaban J connectivity index is 2.33. The molecular weight excluding hydrogens is 237 g/mol. The molecule has 94 valence electrons. The molecule has 0 heterocycles. The molecule has 2 aromatic carbocycles. The third-order valence-electron chi connectivity index (χ3n) is 2.97. The highest BCUT2D eigenvalue weighted by Crippen LogP contribution is 2.25. The summed E-state index contributed by atoms with van der Waals surface area (Å²) in [6.45, 7) is 6.69. The maximum absolute atomic E-state index is 6.09. The van der Waals surface area contributed by atoms with Gasteiger partial charge in [-0.05, 0) is 28.4 Å². The molecule has 0 spiro atoms. The first-order chi connectivity index (χ1) is 8.47. The lowest BCUT2D eigenvalue weighted by Gasteiger charge is -2.20. The fourth-order valence-corrected chi connectivity index (χ4v) is 2.93. The molecule has 0 aliphatic carbocycles. The first kappa shape index (κ1) is 13.1. The first-order valence-corrected chi connectivity index (χ1v) is 7.19. The largest absolute Gasteiger partial charge is 0.398 e. The highest BCUT2D eigenvalue weighted by atomic mass is 31.1. The van der Waals surface area contributed by atoms with Crippen LogP contribution in [0.4, 0.5) is 5.69 Å². The van der Waals surface area contributed by atoms with Crippen LogP contribution in [-0.2, 0) is 5.41 Å². The molecule has 0 saturated heterocycles. The number of nitrogens with two attached hydrogens (primary N) is 1. The van der Waals surface area contributed by atoms with E-state index < -0.39 is 0 Å². The van der Waals surface area contributed by atoms with Gasteiger partial charge in [0.05, 0.1) is 0 Å². The van der Waals surface area contributed by atoms with Crippen LogP contribution in [-0.4, -0.2) is 0 Å². The lowest BCUT2D eigenvalue weighted by molar-refractivity contribution is 0.591. The smallest absolute Gasteiger partial charge is 0.0393 e. The van der Waals surface area contributed by atoms with Crippen molar-refractivity contribution in [3.8, 4) is 0 Å². The minimum atomic E-state index is 0.170. The fourth-order valence-electron chi connectivity index (χ4n) is 1.81. The summed E-state index contributed by atoms with van der Waals surface area (Å²) in [6.07, 6.45) is 0. The second-order valence-corrected chi connectivity index (χ2v) is 6.91. The van der Waals surface area contributed by atoms with E-state index in [4.69, 9.17) is 5.73 Å². The van der Waals surface area contributed by atoms with E-state index in [0.29, 0.717) is 8.58 Å². The molecule has 2 heteroatoms. The van der Waals surface area contributed by atoms with Gasteiger partial charge in [0, 0.05) is 11.0 Å². The highest BCUT2D eigenvalue weighted by molar-refractivity contribution is 7.55. The Bertz CT molecular complexity index is 527. The predicted molar refractivity (Wildman–Crippen MR) is 83.6 cm³/mol. The van der Waals surface area contributed by atoms with Crippen LogP contribution in [0.2, 0.25) is 0 Å². The van der Waals surface area contributed by atoms with Gasteiger partial charge in [0.25, 0.3) is 0 Å². The summed E-state index contributed by atoms with van der Waals surface area (Å²) >= 11 is 0. The van der Waals surface area contributed by atoms with Gasteiger partial charge in [-0.1, -0.05) is 65.8 Å². The van der Waals surface area contributed by atoms with Crippen molar-refractivity contribution in [3.63, 3.8) is 0 Å². The van der Waals surface area contributed by atoms with Crippen LogP contribution in [0.25, 0.3) is 0 Å². The van der Waals surface area contributed by atoms with Crippen LogP contribution in [0.5, 0.6) is 0 Å². The number of hydrogen-bond donors (Lipinski definition) is 1. The van der Waals surface area contributed by atoms with Crippen molar-refractivity contribution in [1.29, 1.82) is 0 Å². The summed E-state index contributed by atoms with van der Waals surface area (Å²) < 4.78 is 0. The lowest BCUT2D eigenvalue weighted by atomic mass is 9.87. The van der Waals surface area contributed by atoms with Crippen LogP contribution < -0.4 is 16.3 Å². The van der Waals surface area contributed by atoms with Gasteiger partial charge in [0.1, 0.15) is 0 Å². The normalized spacial score (nSPS) is 12.2. The number of nitrogen functional groups attached to an aromatic ring is 1. The molecule has 2 rings (SSSR count). The summed E-state index contributed by atoms with van der Waals surface area (Å²) in [5.41, 5.74) is 8.49. The van der Waals surface area contributed by atoms with Crippen molar-refractivity contribution in [2.45, 2.75) is 26.2 Å². The molecule has 1 unspecified atom stereocenters. The molecule has 0 fully saturated rings. The molecule has 1 atom stereocenters. The zero-order valence-electron chi connectivity index (χ0n) is 11.2. The van der Waals surface area contributed by atoms with E-state index in [9.17, 15) is 0 Å². The average Bonchev–Trinajstić information content (AvgIpc) is 2.32. The molecule has 2 aromatic rings. The molecule has 0 bridgehead atoms. The standard InChI is InChI=1S/C16H20NP/c1-16(2,3)12-9-10-14(17)15(11-12)18-13-7-5-4-6-8-13/h4-11,18H,17H2,1-3H3. The van der Waals surface area contributed by atoms with Crippen molar-refractivity contribution in [3.05, 3.63) is 54.1 Å². The molecule has 0 aliphatic heterocycles. The van der Waals surface area contributed by atoms with Crippen molar-refractivity contribution < 1.29 is 0 Å². The summed E-state index contributed by atoms with van der Waals surface area (Å²) in [4.78, 5) is 0. The van der Waals surface area contributed by atoms with Gasteiger partial charge < -0.3 is 5.73 Å². The summed E-state index contributed by atoms with van der Waals surface area (Å²) in [7, 11) is 0.626. The maximum atomic E-state index is 6.09. The van der Waals surface area contributed by atoms with E-state index in [2.05, 4.69) is 57.2 Å². The first-order valence-electron chi connectivity index (χ1n) is 6.19. The van der Waals surface area contributed by atoms with Gasteiger partial charge in [0.15, 0.2) is 0 Å². The van der Waals surface area contributed by atoms with Crippen LogP contribution >= 0.6 is 8.58 Å². The monoisotopic (exact) mass is 257 g/mol. The molecule has 0 radical (unpaired) electrons. The van der Waals surface area contributed by atoms with Gasteiger partial charge in [-0.25, -0.2) is 0 Å². The number of benzene rings is 2. The third kappa shape index (κ3) is 3.11. The minimum Gasteiger partial charge on any atom is -0.398 e. The fraction of sp³-hybridized carbons (Fsp3) is 0.250. The van der Waals surface area contributed by atoms with Gasteiger partial charge in [-0.15, -0.1) is 0 Å². The van der Waals surface area contributed by atoms with Crippen molar-refractivity contribution in [1.82, 2.24) is 0 Å². The van der Waals surface area contributed by atoms with Crippen LogP contribution in [0, 0.1) is 0 Å². The molecule has 0 saturated carbocycles. The highest BCUT2D eigenvalue weighted by Gasteiger charge is 2.14. The van der Waals surface area contributed by atoms with E-state index in [1.54, 1.807) is 0 Å². The van der Waals surface area contributed by atoms with Crippen molar-refractivity contribution in [2.24, 2.45) is 0 Å². The average molecular weight is 257 g/mol. The Kier molecular flexibility index (Phi) is 3.73. The molecule has 2 N–H and O–H groups in total. The quantitative estimate of drug-likeness (QED) is 0.649. The van der Waals surface area contributed by atoms with E-state index in [1.165, 1.54) is 16.2 Å². The van der Waals surface area contributed by atoms with Crippen molar-refractivity contribution >= 4 is 24.9 Å². The Hall–Kier alpha value is -1.33. The Labute approximate surface area is 111 Å². The lowest BCUT2D eigenvalue weighted by Crippen LogP contribution is -2.16. The van der Waals surface area contributed by atoms with Crippen molar-refractivity contribution in [2.75, 3.05) is 5.73 Å². The van der Waals surface area contributed by atoms with Crippen LogP contribution in [0.1, 0.15) is 26.3 Å². The van der Waals surface area contributed by atoms with Gasteiger partial charge in [-0.3, -0.25) is 0 Å². The SMILES string of the molecule is CC(C)(C)c1ccc(N)c(Pc2ccccc2)c1. The second kappa shape index (κ2) is 5.12. The van der Waals surface area contributed by atoms with Gasteiger partial charge in [0.2, 0.25) is 0 Å². The third-order valence-corrected chi connectivity index (χ3v) is 4.30. The second-order valence-electron chi connectivity index (χ2n) is 5.54. The molecule has 0 aliphatic rings. The van der Waals surface area contributed by atoms with E-state index in [-0.39, 0.29) is 5.41 Å². The number of anilines is 1. The Morgan fingerprint density at radius 3 is 2.22 bits per heavy atom. The number of hydrogen-bond acceptors (Lipinski definition) is 1. The zero-order chi connectivity index (χ0) is 13.2. The van der Waals surface area contributed by atoms with E-state index in [0.717, 1.165) is 5.69 Å². The minimum absolute atomic E-state index is 0.170. The van der Waals surface area contributed by atoms with E-state index >= 15 is 0 Å². The molecular formula is C16H20NP. The molecule has 0 amide bonds.